The molecule has 4 rings (SSSR count). The van der Waals surface area contributed by atoms with Crippen LogP contribution in [0.25, 0.3) is 10.9 Å². The molecule has 1 amide bonds. The first-order valence-corrected chi connectivity index (χ1v) is 7.68. The molecule has 0 fully saturated rings. The minimum Gasteiger partial charge on any atom is -0.308 e. The average molecular weight is 337 g/mol. The smallest absolute Gasteiger partial charge is 0.269 e. The molecule has 1 aromatic heterocycles. The predicted molar refractivity (Wildman–Crippen MR) is 90.2 cm³/mol. The van der Waals surface area contributed by atoms with E-state index in [0.29, 0.717) is 29.6 Å². The van der Waals surface area contributed by atoms with Gasteiger partial charge < -0.3 is 4.90 Å². The Hall–Kier alpha value is -3.35. The first-order valence-electron chi connectivity index (χ1n) is 7.68. The second-order valence-corrected chi connectivity index (χ2v) is 5.81. The van der Waals surface area contributed by atoms with Crippen molar-refractivity contribution in [3.8, 4) is 0 Å². The highest BCUT2D eigenvalue weighted by Gasteiger charge is 2.28. The Labute approximate surface area is 141 Å². The van der Waals surface area contributed by atoms with E-state index in [1.54, 1.807) is 24.4 Å². The largest absolute Gasteiger partial charge is 0.308 e. The Kier molecular flexibility index (Phi) is 3.42. The van der Waals surface area contributed by atoms with Crippen molar-refractivity contribution in [3.05, 3.63) is 75.7 Å². The van der Waals surface area contributed by atoms with Gasteiger partial charge in [-0.25, -0.2) is 4.39 Å². The Bertz CT molecular complexity index is 1040. The number of nitro groups is 1. The van der Waals surface area contributed by atoms with Crippen LogP contribution in [0.15, 0.2) is 48.7 Å². The van der Waals surface area contributed by atoms with E-state index < -0.39 is 10.7 Å². The Balaban J connectivity index is 1.79. The van der Waals surface area contributed by atoms with Gasteiger partial charge in [-0.2, -0.15) is 0 Å². The van der Waals surface area contributed by atoms with Gasteiger partial charge in [0, 0.05) is 35.9 Å². The molecular weight excluding hydrogens is 325 g/mol. The average Bonchev–Trinajstić information content (AvgIpc) is 3.03. The number of halogens is 1. The molecule has 25 heavy (non-hydrogen) atoms. The van der Waals surface area contributed by atoms with Crippen molar-refractivity contribution in [3.63, 3.8) is 0 Å². The molecule has 0 radical (unpaired) electrons. The van der Waals surface area contributed by atoms with Gasteiger partial charge in [0.15, 0.2) is 0 Å². The summed E-state index contributed by atoms with van der Waals surface area (Å²) < 4.78 is 13.9. The van der Waals surface area contributed by atoms with E-state index in [4.69, 9.17) is 0 Å². The van der Waals surface area contributed by atoms with Gasteiger partial charge in [-0.05, 0) is 36.2 Å². The van der Waals surface area contributed by atoms with Crippen LogP contribution >= 0.6 is 0 Å². The van der Waals surface area contributed by atoms with E-state index in [-0.39, 0.29) is 17.2 Å². The number of carbonyl (C=O) groups excluding carboxylic acids is 1. The molecule has 2 heterocycles. The van der Waals surface area contributed by atoms with Gasteiger partial charge in [0.1, 0.15) is 5.82 Å². The number of nitro benzene ring substituents is 1. The lowest BCUT2D eigenvalue weighted by atomic mass is 10.1. The first kappa shape index (κ1) is 15.2. The summed E-state index contributed by atoms with van der Waals surface area (Å²) in [5.41, 5.74) is 1.96. The Morgan fingerprint density at radius 3 is 2.88 bits per heavy atom. The fraction of sp³-hybridized carbons (Fsp3) is 0.111. The molecule has 1 aliphatic heterocycles. The van der Waals surface area contributed by atoms with Crippen LogP contribution < -0.4 is 4.90 Å². The number of benzene rings is 2. The molecule has 0 N–H and O–H groups in total. The summed E-state index contributed by atoms with van der Waals surface area (Å²) in [6, 6.07) is 10.3. The zero-order valence-corrected chi connectivity index (χ0v) is 13.0. The summed E-state index contributed by atoms with van der Waals surface area (Å²) >= 11 is 0. The van der Waals surface area contributed by atoms with E-state index in [2.05, 4.69) is 4.98 Å². The molecule has 0 spiro atoms. The summed E-state index contributed by atoms with van der Waals surface area (Å²) in [4.78, 5) is 29.1. The molecule has 0 saturated heterocycles. The van der Waals surface area contributed by atoms with Crippen LogP contribution in [0.4, 0.5) is 15.8 Å². The number of nitrogens with zero attached hydrogens (tertiary/aromatic N) is 3. The number of pyridine rings is 1. The first-order chi connectivity index (χ1) is 12.0. The number of hydrogen-bond donors (Lipinski definition) is 0. The Morgan fingerprint density at radius 2 is 2.08 bits per heavy atom. The molecule has 1 aliphatic rings. The normalized spacial score (nSPS) is 13.1. The van der Waals surface area contributed by atoms with E-state index in [0.717, 1.165) is 5.56 Å². The van der Waals surface area contributed by atoms with Crippen LogP contribution in [0.3, 0.4) is 0 Å². The van der Waals surface area contributed by atoms with E-state index in [1.165, 1.54) is 29.2 Å². The zero-order chi connectivity index (χ0) is 17.6. The summed E-state index contributed by atoms with van der Waals surface area (Å²) in [5, 5.41) is 11.4. The molecule has 0 aliphatic carbocycles. The third kappa shape index (κ3) is 2.50. The van der Waals surface area contributed by atoms with Gasteiger partial charge in [0.05, 0.1) is 16.0 Å². The third-order valence-corrected chi connectivity index (χ3v) is 4.31. The van der Waals surface area contributed by atoms with Crippen molar-refractivity contribution >= 4 is 28.2 Å². The highest BCUT2D eigenvalue weighted by Crippen LogP contribution is 2.33. The number of non-ortho nitro benzene ring substituents is 1. The highest BCUT2D eigenvalue weighted by molar-refractivity contribution is 6.13. The number of aromatic nitrogens is 1. The van der Waals surface area contributed by atoms with Crippen LogP contribution in [-0.4, -0.2) is 22.4 Å². The molecule has 124 valence electrons. The lowest BCUT2D eigenvalue weighted by Gasteiger charge is -2.18. The fourth-order valence-corrected chi connectivity index (χ4v) is 3.18. The summed E-state index contributed by atoms with van der Waals surface area (Å²) in [7, 11) is 0. The lowest BCUT2D eigenvalue weighted by Crippen LogP contribution is -2.29. The Morgan fingerprint density at radius 1 is 1.24 bits per heavy atom. The molecule has 0 atom stereocenters. The predicted octanol–water partition coefficient (Wildman–Crippen LogP) is 3.49. The van der Waals surface area contributed by atoms with Crippen molar-refractivity contribution in [2.24, 2.45) is 0 Å². The molecule has 7 heteroatoms. The van der Waals surface area contributed by atoms with Gasteiger partial charge in [-0.15, -0.1) is 0 Å². The number of amides is 1. The summed E-state index contributed by atoms with van der Waals surface area (Å²) in [6.45, 7) is 0.389. The summed E-state index contributed by atoms with van der Waals surface area (Å²) in [6.07, 6.45) is 2.07. The molecule has 6 nitrogen and oxygen atoms in total. The van der Waals surface area contributed by atoms with Crippen LogP contribution in [0.5, 0.6) is 0 Å². The second-order valence-electron chi connectivity index (χ2n) is 5.81. The maximum Gasteiger partial charge on any atom is 0.269 e. The van der Waals surface area contributed by atoms with Gasteiger partial charge in [0.2, 0.25) is 0 Å². The number of fused-ring (bicyclic) bond motifs is 2. The maximum atomic E-state index is 13.9. The SMILES string of the molecule is O=C(c1cc(F)cc2cccnc12)N1CCc2cc([N+](=O)[O-])ccc21. The lowest BCUT2D eigenvalue weighted by molar-refractivity contribution is -0.384. The molecule has 0 bridgehead atoms. The maximum absolute atomic E-state index is 13.9. The standard InChI is InChI=1S/C18H12FN3O3/c19-13-8-12-2-1-6-20-17(12)15(10-13)18(23)21-7-5-11-9-14(22(24)25)3-4-16(11)21/h1-4,6,8-10H,5,7H2. The fourth-order valence-electron chi connectivity index (χ4n) is 3.18. The molecule has 2 aromatic carbocycles. The molecule has 3 aromatic rings. The molecule has 0 unspecified atom stereocenters. The van der Waals surface area contributed by atoms with Crippen molar-refractivity contribution in [2.75, 3.05) is 11.4 Å². The van der Waals surface area contributed by atoms with Crippen molar-refractivity contribution in [1.82, 2.24) is 4.98 Å². The van der Waals surface area contributed by atoms with Gasteiger partial charge in [-0.1, -0.05) is 6.07 Å². The van der Waals surface area contributed by atoms with Gasteiger partial charge in [-0.3, -0.25) is 19.9 Å². The van der Waals surface area contributed by atoms with Crippen LogP contribution in [-0.2, 0) is 6.42 Å². The summed E-state index contributed by atoms with van der Waals surface area (Å²) in [5.74, 6) is -0.872. The van der Waals surface area contributed by atoms with E-state index in [9.17, 15) is 19.3 Å². The minimum absolute atomic E-state index is 0.00841. The number of hydrogen-bond acceptors (Lipinski definition) is 4. The van der Waals surface area contributed by atoms with Crippen LogP contribution in [0.2, 0.25) is 0 Å². The number of carbonyl (C=O) groups is 1. The van der Waals surface area contributed by atoms with Gasteiger partial charge in [0.25, 0.3) is 11.6 Å². The van der Waals surface area contributed by atoms with Crippen molar-refractivity contribution < 1.29 is 14.1 Å². The molecular formula is C18H12FN3O3. The van der Waals surface area contributed by atoms with Gasteiger partial charge >= 0.3 is 0 Å². The molecule has 0 saturated carbocycles. The van der Waals surface area contributed by atoms with Crippen LogP contribution in [0.1, 0.15) is 15.9 Å². The van der Waals surface area contributed by atoms with Crippen molar-refractivity contribution in [2.45, 2.75) is 6.42 Å². The van der Waals surface area contributed by atoms with Crippen LogP contribution in [0, 0.1) is 15.9 Å². The monoisotopic (exact) mass is 337 g/mol. The quantitative estimate of drug-likeness (QED) is 0.530. The highest BCUT2D eigenvalue weighted by atomic mass is 19.1. The van der Waals surface area contributed by atoms with E-state index >= 15 is 0 Å². The van der Waals surface area contributed by atoms with E-state index in [1.807, 2.05) is 0 Å². The number of anilines is 1. The van der Waals surface area contributed by atoms with Crippen molar-refractivity contribution in [1.29, 1.82) is 0 Å². The second kappa shape index (κ2) is 5.62. The number of rotatable bonds is 2. The zero-order valence-electron chi connectivity index (χ0n) is 13.0. The minimum atomic E-state index is -0.507. The third-order valence-electron chi connectivity index (χ3n) is 4.31. The topological polar surface area (TPSA) is 76.3 Å².